The zero-order valence-electron chi connectivity index (χ0n) is 18.3. The average molecular weight is 443 g/mol. The third-order valence-corrected chi connectivity index (χ3v) is 5.35. The molecule has 0 aliphatic carbocycles. The molecule has 0 fully saturated rings. The molecule has 4 rings (SSSR count). The predicted octanol–water partition coefficient (Wildman–Crippen LogP) is 5.25. The molecular weight excluding hydrogens is 418 g/mol. The Morgan fingerprint density at radius 1 is 1.12 bits per heavy atom. The zero-order chi connectivity index (χ0) is 23.2. The molecule has 0 saturated heterocycles. The summed E-state index contributed by atoms with van der Waals surface area (Å²) in [6, 6.07) is 19.3. The third-order valence-electron chi connectivity index (χ3n) is 5.35. The molecule has 1 unspecified atom stereocenters. The summed E-state index contributed by atoms with van der Waals surface area (Å²) in [5.74, 6) is -0.413. The number of hydrogen-bond donors (Lipinski definition) is 1. The minimum atomic E-state index is -0.777. The summed E-state index contributed by atoms with van der Waals surface area (Å²) in [6.45, 7) is 2.68. The normalized spacial score (nSPS) is 16.1. The zero-order valence-corrected chi connectivity index (χ0v) is 18.3. The largest absolute Gasteiger partial charge is 0.503 e. The molecule has 1 amide bonds. The Morgan fingerprint density at radius 2 is 1.94 bits per heavy atom. The van der Waals surface area contributed by atoms with Gasteiger partial charge < -0.3 is 19.2 Å². The van der Waals surface area contributed by atoms with E-state index in [0.717, 1.165) is 12.0 Å². The number of rotatable bonds is 9. The summed E-state index contributed by atoms with van der Waals surface area (Å²) in [5, 5.41) is 10.7. The van der Waals surface area contributed by atoms with Crippen LogP contribution in [0.15, 0.2) is 94.8 Å². The quantitative estimate of drug-likeness (QED) is 0.457. The second-order valence-electron chi connectivity index (χ2n) is 7.71. The van der Waals surface area contributed by atoms with E-state index >= 15 is 0 Å². The average Bonchev–Trinajstić information content (AvgIpc) is 3.44. The molecule has 1 atom stereocenters. The molecule has 1 aliphatic rings. The highest BCUT2D eigenvalue weighted by molar-refractivity contribution is 6.14. The van der Waals surface area contributed by atoms with Crippen LogP contribution in [0.5, 0.6) is 5.75 Å². The van der Waals surface area contributed by atoms with E-state index in [1.54, 1.807) is 24.3 Å². The lowest BCUT2D eigenvalue weighted by molar-refractivity contribution is -0.130. The summed E-state index contributed by atoms with van der Waals surface area (Å²) >= 11 is 0. The Kier molecular flexibility index (Phi) is 6.74. The number of furan rings is 1. The summed E-state index contributed by atoms with van der Waals surface area (Å²) in [5.41, 5.74) is 1.55. The monoisotopic (exact) mass is 443 g/mol. The molecule has 1 aliphatic heterocycles. The number of nitrogens with zero attached hydrogens (tertiary/aromatic N) is 1. The molecule has 6 heteroatoms. The van der Waals surface area contributed by atoms with Crippen molar-refractivity contribution < 1.29 is 23.8 Å². The van der Waals surface area contributed by atoms with Crippen molar-refractivity contribution in [3.63, 3.8) is 0 Å². The number of carbonyl (C=O) groups excluding carboxylic acids is 2. The van der Waals surface area contributed by atoms with E-state index in [9.17, 15) is 14.7 Å². The molecule has 3 aromatic rings. The van der Waals surface area contributed by atoms with E-state index in [1.807, 2.05) is 55.5 Å². The molecule has 6 nitrogen and oxygen atoms in total. The lowest BCUT2D eigenvalue weighted by Crippen LogP contribution is -2.30. The molecule has 2 aromatic carbocycles. The maximum absolute atomic E-state index is 13.2. The first kappa shape index (κ1) is 22.1. The van der Waals surface area contributed by atoms with Gasteiger partial charge in [0.25, 0.3) is 5.91 Å². The van der Waals surface area contributed by atoms with E-state index in [4.69, 9.17) is 9.15 Å². The van der Waals surface area contributed by atoms with Crippen LogP contribution < -0.4 is 4.74 Å². The molecule has 2 heterocycles. The lowest BCUT2D eigenvalue weighted by Gasteiger charge is -2.26. The maximum atomic E-state index is 13.2. The number of aliphatic hydroxyl groups is 1. The Morgan fingerprint density at radius 3 is 2.67 bits per heavy atom. The summed E-state index contributed by atoms with van der Waals surface area (Å²) in [6.07, 6.45) is 5.42. The van der Waals surface area contributed by atoms with Crippen LogP contribution in [0.25, 0.3) is 6.08 Å². The summed E-state index contributed by atoms with van der Waals surface area (Å²) in [4.78, 5) is 27.7. The Hall–Kier alpha value is -4.06. The van der Waals surface area contributed by atoms with Crippen molar-refractivity contribution in [3.05, 3.63) is 107 Å². The summed E-state index contributed by atoms with van der Waals surface area (Å²) in [7, 11) is 0. The van der Waals surface area contributed by atoms with Gasteiger partial charge in [-0.15, -0.1) is 0 Å². The van der Waals surface area contributed by atoms with Gasteiger partial charge in [0.2, 0.25) is 0 Å². The number of ether oxygens (including phenoxy) is 1. The number of hydrogen-bond acceptors (Lipinski definition) is 5. The SMILES string of the molecule is CCCOc1cccc(C2C(C(=O)/C=C/c3ccccc3)=C(O)C(=O)N2Cc2ccco2)c1. The molecule has 1 N–H and O–H groups in total. The van der Waals surface area contributed by atoms with Crippen LogP contribution in [0.2, 0.25) is 0 Å². The minimum Gasteiger partial charge on any atom is -0.503 e. The lowest BCUT2D eigenvalue weighted by atomic mass is 9.95. The number of ketones is 1. The predicted molar refractivity (Wildman–Crippen MR) is 124 cm³/mol. The van der Waals surface area contributed by atoms with Gasteiger partial charge in [-0.2, -0.15) is 0 Å². The van der Waals surface area contributed by atoms with E-state index < -0.39 is 23.5 Å². The van der Waals surface area contributed by atoms with Crippen LogP contribution in [-0.4, -0.2) is 28.3 Å². The number of carbonyl (C=O) groups is 2. The first-order valence-corrected chi connectivity index (χ1v) is 10.8. The van der Waals surface area contributed by atoms with Gasteiger partial charge in [-0.25, -0.2) is 0 Å². The molecule has 0 saturated carbocycles. The Labute approximate surface area is 192 Å². The number of benzene rings is 2. The molecule has 0 spiro atoms. The van der Waals surface area contributed by atoms with E-state index in [0.29, 0.717) is 23.7 Å². The van der Waals surface area contributed by atoms with Gasteiger partial charge in [0.05, 0.1) is 31.0 Å². The second-order valence-corrected chi connectivity index (χ2v) is 7.71. The molecule has 168 valence electrons. The third kappa shape index (κ3) is 4.90. The topological polar surface area (TPSA) is 80.0 Å². The van der Waals surface area contributed by atoms with E-state index in [-0.39, 0.29) is 12.1 Å². The fraction of sp³-hybridized carbons (Fsp3) is 0.185. The van der Waals surface area contributed by atoms with Crippen LogP contribution in [0.4, 0.5) is 0 Å². The van der Waals surface area contributed by atoms with Crippen LogP contribution in [-0.2, 0) is 16.1 Å². The molecule has 1 aromatic heterocycles. The molecule has 0 radical (unpaired) electrons. The van der Waals surface area contributed by atoms with Crippen molar-refractivity contribution in [1.29, 1.82) is 0 Å². The van der Waals surface area contributed by atoms with Crippen molar-refractivity contribution in [3.8, 4) is 5.75 Å². The molecular formula is C27H25NO5. The Bertz CT molecular complexity index is 1180. The highest BCUT2D eigenvalue weighted by atomic mass is 16.5. The van der Waals surface area contributed by atoms with Gasteiger partial charge in [0.15, 0.2) is 11.5 Å². The van der Waals surface area contributed by atoms with Gasteiger partial charge >= 0.3 is 0 Å². The van der Waals surface area contributed by atoms with Gasteiger partial charge in [-0.3, -0.25) is 9.59 Å². The van der Waals surface area contributed by atoms with Crippen molar-refractivity contribution in [2.75, 3.05) is 6.61 Å². The molecule has 0 bridgehead atoms. The van der Waals surface area contributed by atoms with Gasteiger partial charge in [-0.1, -0.05) is 55.5 Å². The fourth-order valence-electron chi connectivity index (χ4n) is 3.81. The van der Waals surface area contributed by atoms with Crippen LogP contribution >= 0.6 is 0 Å². The van der Waals surface area contributed by atoms with Crippen molar-refractivity contribution in [2.24, 2.45) is 0 Å². The Balaban J connectivity index is 1.71. The van der Waals surface area contributed by atoms with Gasteiger partial charge in [-0.05, 0) is 47.9 Å². The fourth-order valence-corrected chi connectivity index (χ4v) is 3.81. The van der Waals surface area contributed by atoms with E-state index in [1.165, 1.54) is 17.2 Å². The van der Waals surface area contributed by atoms with Crippen LogP contribution in [0.1, 0.15) is 36.3 Å². The van der Waals surface area contributed by atoms with Gasteiger partial charge in [0, 0.05) is 0 Å². The second kappa shape index (κ2) is 10.0. The minimum absolute atomic E-state index is 0.0337. The maximum Gasteiger partial charge on any atom is 0.290 e. The van der Waals surface area contributed by atoms with Crippen molar-refractivity contribution >= 4 is 17.8 Å². The van der Waals surface area contributed by atoms with E-state index in [2.05, 4.69) is 0 Å². The number of allylic oxidation sites excluding steroid dienone is 1. The highest BCUT2D eigenvalue weighted by Crippen LogP contribution is 2.40. The smallest absolute Gasteiger partial charge is 0.290 e. The van der Waals surface area contributed by atoms with Crippen LogP contribution in [0.3, 0.4) is 0 Å². The van der Waals surface area contributed by atoms with Crippen LogP contribution in [0, 0.1) is 0 Å². The van der Waals surface area contributed by atoms with Crippen molar-refractivity contribution in [2.45, 2.75) is 25.9 Å². The highest BCUT2D eigenvalue weighted by Gasteiger charge is 2.43. The summed E-state index contributed by atoms with van der Waals surface area (Å²) < 4.78 is 11.2. The standard InChI is InChI=1S/C27H25NO5/c1-2-15-32-21-11-6-10-20(17-21)25-24(23(29)14-13-19-8-4-3-5-9-19)26(30)27(31)28(25)18-22-12-7-16-33-22/h3-14,16-17,25,30H,2,15,18H2,1H3/b14-13+. The van der Waals surface area contributed by atoms with Crippen molar-refractivity contribution in [1.82, 2.24) is 4.90 Å². The number of amides is 1. The van der Waals surface area contributed by atoms with Gasteiger partial charge in [0.1, 0.15) is 11.5 Å². The molecule has 33 heavy (non-hydrogen) atoms. The number of aliphatic hydroxyl groups excluding tert-OH is 1. The first-order chi connectivity index (χ1) is 16.1. The first-order valence-electron chi connectivity index (χ1n) is 10.8.